The highest BCUT2D eigenvalue weighted by atomic mass is 16.5. The summed E-state index contributed by atoms with van der Waals surface area (Å²) in [6.45, 7) is 1.96. The molecule has 0 aliphatic rings. The monoisotopic (exact) mass is 257 g/mol. The second kappa shape index (κ2) is 5.95. The Hall–Kier alpha value is -2.43. The number of ether oxygens (including phenoxy) is 1. The second-order valence-electron chi connectivity index (χ2n) is 4.01. The van der Waals surface area contributed by atoms with Crippen LogP contribution in [0.2, 0.25) is 0 Å². The van der Waals surface area contributed by atoms with Gasteiger partial charge < -0.3 is 10.1 Å². The Balaban J connectivity index is 2.22. The van der Waals surface area contributed by atoms with Crippen LogP contribution in [0.4, 0.5) is 5.82 Å². The lowest BCUT2D eigenvalue weighted by molar-refractivity contribution is 0.0601. The molecule has 5 nitrogen and oxygen atoms in total. The molecule has 2 heterocycles. The van der Waals surface area contributed by atoms with Gasteiger partial charge in [-0.05, 0) is 31.2 Å². The minimum atomic E-state index is -0.413. The normalized spacial score (nSPS) is 11.7. The van der Waals surface area contributed by atoms with Crippen molar-refractivity contribution < 1.29 is 9.53 Å². The number of pyridine rings is 2. The van der Waals surface area contributed by atoms with Gasteiger partial charge in [0.1, 0.15) is 11.4 Å². The molecular formula is C14H15N3O2. The summed E-state index contributed by atoms with van der Waals surface area (Å²) in [6, 6.07) is 9.00. The van der Waals surface area contributed by atoms with E-state index in [-0.39, 0.29) is 6.04 Å². The Labute approximate surface area is 111 Å². The molecule has 19 heavy (non-hydrogen) atoms. The standard InChI is InChI=1S/C14H15N3O2/c1-10(12-7-3-4-8-15-12)17-13-11(14(18)19-2)6-5-9-16-13/h3-10H,1-2H3,(H,16,17). The molecule has 1 unspecified atom stereocenters. The molecule has 5 heteroatoms. The zero-order chi connectivity index (χ0) is 13.7. The first kappa shape index (κ1) is 13.0. The molecule has 0 amide bonds. The quantitative estimate of drug-likeness (QED) is 0.852. The molecule has 0 bridgehead atoms. The van der Waals surface area contributed by atoms with Crippen molar-refractivity contribution in [1.29, 1.82) is 0 Å². The van der Waals surface area contributed by atoms with Crippen molar-refractivity contribution in [2.75, 3.05) is 12.4 Å². The Bertz CT molecular complexity index is 558. The van der Waals surface area contributed by atoms with Gasteiger partial charge in [0.25, 0.3) is 0 Å². The van der Waals surface area contributed by atoms with Crippen molar-refractivity contribution in [3.8, 4) is 0 Å². The Morgan fingerprint density at radius 1 is 1.21 bits per heavy atom. The summed E-state index contributed by atoms with van der Waals surface area (Å²) >= 11 is 0. The molecule has 0 aliphatic carbocycles. The summed E-state index contributed by atoms with van der Waals surface area (Å²) in [5, 5.41) is 3.17. The summed E-state index contributed by atoms with van der Waals surface area (Å²) < 4.78 is 4.73. The highest BCUT2D eigenvalue weighted by molar-refractivity contribution is 5.94. The van der Waals surface area contributed by atoms with Gasteiger partial charge in [-0.25, -0.2) is 9.78 Å². The van der Waals surface area contributed by atoms with Crippen LogP contribution >= 0.6 is 0 Å². The zero-order valence-electron chi connectivity index (χ0n) is 10.8. The van der Waals surface area contributed by atoms with Crippen molar-refractivity contribution in [2.45, 2.75) is 13.0 Å². The van der Waals surface area contributed by atoms with Gasteiger partial charge in [0.2, 0.25) is 0 Å². The molecule has 0 aromatic carbocycles. The van der Waals surface area contributed by atoms with Crippen LogP contribution in [0.5, 0.6) is 0 Å². The van der Waals surface area contributed by atoms with Crippen LogP contribution in [0.3, 0.4) is 0 Å². The van der Waals surface area contributed by atoms with E-state index in [2.05, 4.69) is 15.3 Å². The lowest BCUT2D eigenvalue weighted by Gasteiger charge is -2.15. The van der Waals surface area contributed by atoms with Crippen LogP contribution in [-0.4, -0.2) is 23.0 Å². The molecular weight excluding hydrogens is 242 g/mol. The second-order valence-corrected chi connectivity index (χ2v) is 4.01. The van der Waals surface area contributed by atoms with Crippen LogP contribution in [0.15, 0.2) is 42.7 Å². The molecule has 1 atom stereocenters. The first-order valence-corrected chi connectivity index (χ1v) is 5.93. The minimum Gasteiger partial charge on any atom is -0.465 e. The SMILES string of the molecule is COC(=O)c1cccnc1NC(C)c1ccccn1. The van der Waals surface area contributed by atoms with Crippen LogP contribution in [0.25, 0.3) is 0 Å². The summed E-state index contributed by atoms with van der Waals surface area (Å²) in [5.74, 6) is 0.0799. The van der Waals surface area contributed by atoms with E-state index in [4.69, 9.17) is 4.74 Å². The van der Waals surface area contributed by atoms with Crippen molar-refractivity contribution in [3.63, 3.8) is 0 Å². The van der Waals surface area contributed by atoms with Gasteiger partial charge >= 0.3 is 5.97 Å². The predicted molar refractivity (Wildman–Crippen MR) is 71.9 cm³/mol. The average molecular weight is 257 g/mol. The maximum Gasteiger partial charge on any atom is 0.341 e. The molecule has 98 valence electrons. The lowest BCUT2D eigenvalue weighted by Crippen LogP contribution is -2.13. The predicted octanol–water partition coefficient (Wildman–Crippen LogP) is 2.44. The van der Waals surface area contributed by atoms with Crippen LogP contribution < -0.4 is 5.32 Å². The Kier molecular flexibility index (Phi) is 4.07. The Morgan fingerprint density at radius 3 is 2.68 bits per heavy atom. The van der Waals surface area contributed by atoms with E-state index < -0.39 is 5.97 Å². The van der Waals surface area contributed by atoms with Crippen molar-refractivity contribution in [3.05, 3.63) is 54.0 Å². The number of anilines is 1. The summed E-state index contributed by atoms with van der Waals surface area (Å²) in [7, 11) is 1.35. The fourth-order valence-electron chi connectivity index (χ4n) is 1.71. The molecule has 2 rings (SSSR count). The number of hydrogen-bond acceptors (Lipinski definition) is 5. The van der Waals surface area contributed by atoms with E-state index >= 15 is 0 Å². The largest absolute Gasteiger partial charge is 0.465 e. The number of methoxy groups -OCH3 is 1. The number of nitrogens with zero attached hydrogens (tertiary/aromatic N) is 2. The van der Waals surface area contributed by atoms with E-state index in [1.54, 1.807) is 24.5 Å². The van der Waals surface area contributed by atoms with E-state index in [0.717, 1.165) is 5.69 Å². The first-order valence-electron chi connectivity index (χ1n) is 5.93. The van der Waals surface area contributed by atoms with Gasteiger partial charge in [0.05, 0.1) is 18.8 Å². The van der Waals surface area contributed by atoms with Crippen molar-refractivity contribution in [1.82, 2.24) is 9.97 Å². The minimum absolute atomic E-state index is 0.0560. The maximum absolute atomic E-state index is 11.6. The van der Waals surface area contributed by atoms with Crippen LogP contribution in [-0.2, 0) is 4.74 Å². The van der Waals surface area contributed by atoms with Crippen molar-refractivity contribution in [2.24, 2.45) is 0 Å². The summed E-state index contributed by atoms with van der Waals surface area (Å²) in [5.41, 5.74) is 1.29. The molecule has 2 aromatic rings. The number of esters is 1. The highest BCUT2D eigenvalue weighted by Gasteiger charge is 2.15. The van der Waals surface area contributed by atoms with E-state index in [1.807, 2.05) is 25.1 Å². The molecule has 0 spiro atoms. The number of carbonyl (C=O) groups excluding carboxylic acids is 1. The molecule has 0 fully saturated rings. The third kappa shape index (κ3) is 3.07. The molecule has 1 N–H and O–H groups in total. The lowest BCUT2D eigenvalue weighted by atomic mass is 10.2. The van der Waals surface area contributed by atoms with E-state index in [1.165, 1.54) is 7.11 Å². The van der Waals surface area contributed by atoms with Gasteiger partial charge in [0, 0.05) is 12.4 Å². The van der Waals surface area contributed by atoms with Crippen LogP contribution in [0.1, 0.15) is 29.0 Å². The molecule has 0 radical (unpaired) electrons. The molecule has 2 aromatic heterocycles. The van der Waals surface area contributed by atoms with Gasteiger partial charge in [-0.1, -0.05) is 6.07 Å². The van der Waals surface area contributed by atoms with E-state index in [0.29, 0.717) is 11.4 Å². The summed E-state index contributed by atoms with van der Waals surface area (Å²) in [6.07, 6.45) is 3.35. The first-order chi connectivity index (χ1) is 9.22. The maximum atomic E-state index is 11.6. The van der Waals surface area contributed by atoms with Gasteiger partial charge in [0.15, 0.2) is 0 Å². The average Bonchev–Trinajstić information content (AvgIpc) is 2.48. The number of rotatable bonds is 4. The third-order valence-electron chi connectivity index (χ3n) is 2.70. The topological polar surface area (TPSA) is 64.1 Å². The summed E-state index contributed by atoms with van der Waals surface area (Å²) in [4.78, 5) is 20.1. The number of hydrogen-bond donors (Lipinski definition) is 1. The third-order valence-corrected chi connectivity index (χ3v) is 2.70. The fraction of sp³-hybridized carbons (Fsp3) is 0.214. The molecule has 0 saturated carbocycles. The Morgan fingerprint density at radius 2 is 2.00 bits per heavy atom. The van der Waals surface area contributed by atoms with Crippen molar-refractivity contribution >= 4 is 11.8 Å². The van der Waals surface area contributed by atoms with Gasteiger partial charge in [-0.2, -0.15) is 0 Å². The number of aromatic nitrogens is 2. The molecule has 0 aliphatic heterocycles. The fourth-order valence-corrected chi connectivity index (χ4v) is 1.71. The van der Waals surface area contributed by atoms with Gasteiger partial charge in [-0.3, -0.25) is 4.98 Å². The number of carbonyl (C=O) groups is 1. The van der Waals surface area contributed by atoms with E-state index in [9.17, 15) is 4.79 Å². The highest BCUT2D eigenvalue weighted by Crippen LogP contribution is 2.19. The number of nitrogens with one attached hydrogen (secondary N) is 1. The van der Waals surface area contributed by atoms with Crippen LogP contribution in [0, 0.1) is 0 Å². The molecule has 0 saturated heterocycles. The smallest absolute Gasteiger partial charge is 0.341 e. The van der Waals surface area contributed by atoms with Gasteiger partial charge in [-0.15, -0.1) is 0 Å². The zero-order valence-corrected chi connectivity index (χ0v) is 10.8.